The summed E-state index contributed by atoms with van der Waals surface area (Å²) in [6.07, 6.45) is 15.5. The Bertz CT molecular complexity index is 796. The van der Waals surface area contributed by atoms with Gasteiger partial charge < -0.3 is 0 Å². The van der Waals surface area contributed by atoms with Gasteiger partial charge >= 0.3 is 0 Å². The first-order valence-electron chi connectivity index (χ1n) is 14.7. The molecular formula is C31H52Si2. The molecule has 184 valence electrons. The monoisotopic (exact) mass is 480 g/mol. The fraction of sp³-hybridized carbons (Fsp3) is 0.806. The number of hydrogen-bond donors (Lipinski definition) is 0. The van der Waals surface area contributed by atoms with E-state index in [2.05, 4.69) is 70.4 Å². The van der Waals surface area contributed by atoms with Crippen LogP contribution in [0.5, 0.6) is 0 Å². The molecule has 0 radical (unpaired) electrons. The van der Waals surface area contributed by atoms with Crippen LogP contribution in [0.1, 0.15) is 89.5 Å². The molecule has 1 aromatic carbocycles. The van der Waals surface area contributed by atoms with Gasteiger partial charge in [0.1, 0.15) is 0 Å². The maximum Gasteiger partial charge on any atom is 0.0448 e. The first-order valence-corrected chi connectivity index (χ1v) is 21.9. The van der Waals surface area contributed by atoms with Crippen molar-refractivity contribution in [1.82, 2.24) is 0 Å². The molecule has 33 heavy (non-hydrogen) atoms. The zero-order chi connectivity index (χ0) is 23.4. The van der Waals surface area contributed by atoms with Gasteiger partial charge in [0, 0.05) is 15.2 Å². The largest absolute Gasteiger partial charge is 0.0711 e. The van der Waals surface area contributed by atoms with E-state index in [4.69, 9.17) is 0 Å². The van der Waals surface area contributed by atoms with Crippen LogP contribution in [0.15, 0.2) is 30.3 Å². The number of benzene rings is 1. The Labute approximate surface area is 207 Å². The molecule has 0 nitrogen and oxygen atoms in total. The maximum absolute atomic E-state index is 2.90. The summed E-state index contributed by atoms with van der Waals surface area (Å²) < 4.78 is 0. The summed E-state index contributed by atoms with van der Waals surface area (Å²) in [5, 5.41) is 0. The third-order valence-corrected chi connectivity index (χ3v) is 33.0. The van der Waals surface area contributed by atoms with Gasteiger partial charge in [-0.25, -0.2) is 0 Å². The van der Waals surface area contributed by atoms with E-state index in [9.17, 15) is 0 Å². The molecule has 0 spiro atoms. The SMILES string of the molecule is CC(C)CC1CCC([Si](C)(C)[Si](C)(C)C2CCC3C2CC2CCCC2C3c2ccccc2)C1. The predicted octanol–water partition coefficient (Wildman–Crippen LogP) is 9.70. The lowest BCUT2D eigenvalue weighted by Crippen LogP contribution is -2.61. The van der Waals surface area contributed by atoms with Crippen LogP contribution in [-0.4, -0.2) is 15.2 Å². The number of hydrogen-bond acceptors (Lipinski definition) is 0. The van der Waals surface area contributed by atoms with Gasteiger partial charge in [-0.2, -0.15) is 0 Å². The highest BCUT2D eigenvalue weighted by molar-refractivity contribution is 7.41. The van der Waals surface area contributed by atoms with Crippen LogP contribution < -0.4 is 0 Å². The summed E-state index contributed by atoms with van der Waals surface area (Å²) in [6, 6.07) is 11.8. The third-order valence-electron chi connectivity index (χ3n) is 12.2. The summed E-state index contributed by atoms with van der Waals surface area (Å²) in [5.41, 5.74) is 3.93. The lowest BCUT2D eigenvalue weighted by Gasteiger charge is -2.52. The zero-order valence-electron chi connectivity index (χ0n) is 22.7. The lowest BCUT2D eigenvalue weighted by molar-refractivity contribution is 0.121. The Kier molecular flexibility index (Phi) is 6.84. The van der Waals surface area contributed by atoms with E-state index in [1.807, 2.05) is 0 Å². The van der Waals surface area contributed by atoms with Crippen molar-refractivity contribution in [3.63, 3.8) is 0 Å². The molecule has 5 rings (SSSR count). The van der Waals surface area contributed by atoms with Crippen molar-refractivity contribution in [3.05, 3.63) is 35.9 Å². The Morgan fingerprint density at radius 2 is 1.52 bits per heavy atom. The van der Waals surface area contributed by atoms with Crippen LogP contribution in [0.4, 0.5) is 0 Å². The highest BCUT2D eigenvalue weighted by atomic mass is 29.3. The Morgan fingerprint density at radius 3 is 2.24 bits per heavy atom. The molecule has 0 N–H and O–H groups in total. The predicted molar refractivity (Wildman–Crippen MR) is 150 cm³/mol. The van der Waals surface area contributed by atoms with Gasteiger partial charge in [0.15, 0.2) is 0 Å². The lowest BCUT2D eigenvalue weighted by atomic mass is 9.62. The van der Waals surface area contributed by atoms with Gasteiger partial charge in [-0.1, -0.05) is 109 Å². The van der Waals surface area contributed by atoms with Crippen molar-refractivity contribution in [1.29, 1.82) is 0 Å². The molecule has 8 atom stereocenters. The van der Waals surface area contributed by atoms with Crippen molar-refractivity contribution in [2.45, 2.75) is 121 Å². The summed E-state index contributed by atoms with van der Waals surface area (Å²) in [7, 11) is -2.50. The molecule has 8 unspecified atom stereocenters. The van der Waals surface area contributed by atoms with Crippen LogP contribution in [0.25, 0.3) is 0 Å². The molecule has 4 aliphatic rings. The summed E-state index contributed by atoms with van der Waals surface area (Å²) in [4.78, 5) is 0. The molecule has 0 amide bonds. The van der Waals surface area contributed by atoms with Gasteiger partial charge in [-0.3, -0.25) is 0 Å². The van der Waals surface area contributed by atoms with Gasteiger partial charge in [0.05, 0.1) is 0 Å². The minimum absolute atomic E-state index is 0.874. The molecule has 0 bridgehead atoms. The fourth-order valence-electron chi connectivity index (χ4n) is 10.1. The fourth-order valence-corrected chi connectivity index (χ4v) is 24.1. The average molecular weight is 481 g/mol. The van der Waals surface area contributed by atoms with E-state index in [1.165, 1.54) is 25.7 Å². The molecule has 1 aromatic rings. The highest BCUT2D eigenvalue weighted by Crippen LogP contribution is 2.65. The molecule has 4 saturated carbocycles. The normalized spacial score (nSPS) is 39.1. The van der Waals surface area contributed by atoms with E-state index in [-0.39, 0.29) is 0 Å². The van der Waals surface area contributed by atoms with E-state index < -0.39 is 15.2 Å². The smallest absolute Gasteiger partial charge is 0.0448 e. The molecule has 2 heteroatoms. The van der Waals surface area contributed by atoms with Crippen LogP contribution in [-0.2, 0) is 0 Å². The van der Waals surface area contributed by atoms with Crippen molar-refractivity contribution in [2.75, 3.05) is 0 Å². The topological polar surface area (TPSA) is 0 Å². The van der Waals surface area contributed by atoms with E-state index in [0.717, 1.165) is 52.5 Å². The molecule has 0 aromatic heterocycles. The molecule has 0 heterocycles. The second-order valence-electron chi connectivity index (χ2n) is 14.5. The van der Waals surface area contributed by atoms with Gasteiger partial charge in [0.25, 0.3) is 0 Å². The second-order valence-corrected chi connectivity index (χ2v) is 30.7. The Balaban J connectivity index is 1.39. The quantitative estimate of drug-likeness (QED) is 0.355. The zero-order valence-corrected chi connectivity index (χ0v) is 24.7. The summed E-state index contributed by atoms with van der Waals surface area (Å²) in [6.45, 7) is 16.4. The average Bonchev–Trinajstić information content (AvgIpc) is 3.51. The van der Waals surface area contributed by atoms with Crippen molar-refractivity contribution in [2.24, 2.45) is 35.5 Å². The maximum atomic E-state index is 2.90. The van der Waals surface area contributed by atoms with Crippen molar-refractivity contribution in [3.8, 4) is 0 Å². The summed E-state index contributed by atoms with van der Waals surface area (Å²) in [5.74, 6) is 6.87. The van der Waals surface area contributed by atoms with Gasteiger partial charge in [-0.05, 0) is 83.8 Å². The van der Waals surface area contributed by atoms with Gasteiger partial charge in [-0.15, -0.1) is 0 Å². The first kappa shape index (κ1) is 24.4. The van der Waals surface area contributed by atoms with Crippen LogP contribution in [0.2, 0.25) is 37.3 Å². The molecule has 4 aliphatic carbocycles. The molecule has 0 saturated heterocycles. The van der Waals surface area contributed by atoms with Crippen LogP contribution in [0, 0.1) is 35.5 Å². The van der Waals surface area contributed by atoms with Crippen molar-refractivity contribution < 1.29 is 0 Å². The van der Waals surface area contributed by atoms with Gasteiger partial charge in [0.2, 0.25) is 0 Å². The van der Waals surface area contributed by atoms with E-state index in [0.29, 0.717) is 0 Å². The second kappa shape index (κ2) is 9.27. The standard InChI is InChI=1S/C31H52Si2/c1-22(2)19-23-15-16-26(20-23)32(3,4)33(5,6)30-18-17-28-29(30)21-25-13-10-14-27(25)31(28)24-11-8-7-9-12-24/h7-9,11-12,22-23,25-31H,10,13-21H2,1-6H3. The van der Waals surface area contributed by atoms with Crippen molar-refractivity contribution >= 4 is 15.2 Å². The minimum atomic E-state index is -1.28. The Hall–Kier alpha value is -0.346. The summed E-state index contributed by atoms with van der Waals surface area (Å²) >= 11 is 0. The highest BCUT2D eigenvalue weighted by Gasteiger charge is 2.59. The third kappa shape index (κ3) is 4.28. The molecule has 0 aliphatic heterocycles. The molecular weight excluding hydrogens is 429 g/mol. The van der Waals surface area contributed by atoms with Crippen LogP contribution in [0.3, 0.4) is 0 Å². The number of fused-ring (bicyclic) bond motifs is 2. The Morgan fingerprint density at radius 1 is 0.758 bits per heavy atom. The number of rotatable bonds is 6. The minimum Gasteiger partial charge on any atom is -0.0711 e. The van der Waals surface area contributed by atoms with Crippen LogP contribution >= 0.6 is 0 Å². The van der Waals surface area contributed by atoms with E-state index >= 15 is 0 Å². The first-order chi connectivity index (χ1) is 15.7. The van der Waals surface area contributed by atoms with E-state index in [1.54, 1.807) is 44.1 Å². The molecule has 4 fully saturated rings.